The van der Waals surface area contributed by atoms with Gasteiger partial charge in [-0.3, -0.25) is 14.9 Å². The van der Waals surface area contributed by atoms with Gasteiger partial charge in [-0.1, -0.05) is 30.3 Å². The van der Waals surface area contributed by atoms with E-state index < -0.39 is 33.9 Å². The molecule has 0 atom stereocenters. The Morgan fingerprint density at radius 2 is 1.84 bits per heavy atom. The molecule has 132 valence electrons. The average molecular weight is 370 g/mol. The minimum Gasteiger partial charge on any atom is -0.325 e. The van der Waals surface area contributed by atoms with Gasteiger partial charge in [-0.25, -0.2) is 0 Å². The first kappa shape index (κ1) is 18.8. The van der Waals surface area contributed by atoms with Crippen LogP contribution in [0.4, 0.5) is 24.5 Å². The molecule has 2 aromatic rings. The fraction of sp³-hybridized carbons (Fsp3) is 0.188. The summed E-state index contributed by atoms with van der Waals surface area (Å²) in [6.07, 6.45) is -4.81. The molecular weight excluding hydrogens is 357 g/mol. The highest BCUT2D eigenvalue weighted by Crippen LogP contribution is 2.37. The monoisotopic (exact) mass is 370 g/mol. The molecule has 1 amide bonds. The zero-order valence-corrected chi connectivity index (χ0v) is 13.6. The standard InChI is InChI=1S/C16H13F3N2O3S/c17-16(18,19)13-8-12(21(23)24)6-7-14(13)20-15(22)10-25-9-11-4-2-1-3-5-11/h1-8H,9-10H2,(H,20,22). The van der Waals surface area contributed by atoms with Crippen molar-refractivity contribution in [1.29, 1.82) is 0 Å². The van der Waals surface area contributed by atoms with Crippen LogP contribution in [0.2, 0.25) is 0 Å². The molecule has 0 aromatic heterocycles. The van der Waals surface area contributed by atoms with E-state index in [2.05, 4.69) is 5.32 Å². The summed E-state index contributed by atoms with van der Waals surface area (Å²) < 4.78 is 39.1. The van der Waals surface area contributed by atoms with Gasteiger partial charge in [0.15, 0.2) is 0 Å². The van der Waals surface area contributed by atoms with Gasteiger partial charge in [0, 0.05) is 17.9 Å². The lowest BCUT2D eigenvalue weighted by molar-refractivity contribution is -0.385. The van der Waals surface area contributed by atoms with Crippen LogP contribution >= 0.6 is 11.8 Å². The minimum atomic E-state index is -4.81. The minimum absolute atomic E-state index is 0.0385. The van der Waals surface area contributed by atoms with Crippen molar-refractivity contribution in [3.63, 3.8) is 0 Å². The molecule has 1 N–H and O–H groups in total. The molecule has 0 fully saturated rings. The Morgan fingerprint density at radius 3 is 2.44 bits per heavy atom. The summed E-state index contributed by atoms with van der Waals surface area (Å²) in [4.78, 5) is 21.6. The fourth-order valence-electron chi connectivity index (χ4n) is 2.01. The summed E-state index contributed by atoms with van der Waals surface area (Å²) in [6, 6.07) is 11.5. The largest absolute Gasteiger partial charge is 0.418 e. The van der Waals surface area contributed by atoms with Gasteiger partial charge >= 0.3 is 6.18 Å². The maximum absolute atomic E-state index is 13.0. The topological polar surface area (TPSA) is 72.2 Å². The molecule has 0 unspecified atom stereocenters. The van der Waals surface area contributed by atoms with Crippen molar-refractivity contribution in [3.8, 4) is 0 Å². The Hall–Kier alpha value is -2.55. The highest BCUT2D eigenvalue weighted by Gasteiger charge is 2.35. The molecule has 0 radical (unpaired) electrons. The SMILES string of the molecule is O=C(CSCc1ccccc1)Nc1ccc([N+](=O)[O-])cc1C(F)(F)F. The number of hydrogen-bond acceptors (Lipinski definition) is 4. The third-order valence-electron chi connectivity index (χ3n) is 3.14. The number of nitro groups is 1. The number of benzene rings is 2. The van der Waals surface area contributed by atoms with E-state index in [4.69, 9.17) is 0 Å². The number of thioether (sulfide) groups is 1. The Labute approximate surface area is 145 Å². The second kappa shape index (κ2) is 8.02. The van der Waals surface area contributed by atoms with Crippen molar-refractivity contribution in [2.75, 3.05) is 11.1 Å². The fourth-order valence-corrected chi connectivity index (χ4v) is 2.80. The average Bonchev–Trinajstić information content (AvgIpc) is 2.55. The van der Waals surface area contributed by atoms with Crippen LogP contribution in [0.25, 0.3) is 0 Å². The van der Waals surface area contributed by atoms with Crippen molar-refractivity contribution >= 4 is 29.0 Å². The predicted octanol–water partition coefficient (Wildman–Crippen LogP) is 4.49. The first-order valence-corrected chi connectivity index (χ1v) is 8.20. The smallest absolute Gasteiger partial charge is 0.325 e. The number of carbonyl (C=O) groups is 1. The van der Waals surface area contributed by atoms with E-state index in [9.17, 15) is 28.1 Å². The second-order valence-corrected chi connectivity index (χ2v) is 6.00. The molecule has 0 bridgehead atoms. The van der Waals surface area contributed by atoms with Crippen LogP contribution in [0, 0.1) is 10.1 Å². The predicted molar refractivity (Wildman–Crippen MR) is 89.3 cm³/mol. The number of alkyl halides is 3. The number of halogens is 3. The highest BCUT2D eigenvalue weighted by molar-refractivity contribution is 7.99. The Kier molecular flexibility index (Phi) is 6.02. The van der Waals surface area contributed by atoms with Gasteiger partial charge in [-0.2, -0.15) is 13.2 Å². The molecule has 0 spiro atoms. The molecule has 2 rings (SSSR count). The normalized spacial score (nSPS) is 11.2. The van der Waals surface area contributed by atoms with E-state index in [1.54, 1.807) is 0 Å². The molecule has 2 aromatic carbocycles. The lowest BCUT2D eigenvalue weighted by atomic mass is 10.1. The molecule has 0 aliphatic heterocycles. The molecule has 0 saturated carbocycles. The maximum Gasteiger partial charge on any atom is 0.418 e. The maximum atomic E-state index is 13.0. The van der Waals surface area contributed by atoms with Crippen LogP contribution in [-0.2, 0) is 16.7 Å². The van der Waals surface area contributed by atoms with Gasteiger partial charge in [-0.05, 0) is 11.6 Å². The van der Waals surface area contributed by atoms with Gasteiger partial charge in [-0.15, -0.1) is 11.8 Å². The third-order valence-corrected chi connectivity index (χ3v) is 4.14. The van der Waals surface area contributed by atoms with Crippen LogP contribution in [-0.4, -0.2) is 16.6 Å². The highest BCUT2D eigenvalue weighted by atomic mass is 32.2. The van der Waals surface area contributed by atoms with Gasteiger partial charge in [0.25, 0.3) is 5.69 Å². The van der Waals surface area contributed by atoms with Crippen LogP contribution in [0.1, 0.15) is 11.1 Å². The molecule has 0 aliphatic carbocycles. The van der Waals surface area contributed by atoms with Gasteiger partial charge in [0.1, 0.15) is 0 Å². The van der Waals surface area contributed by atoms with E-state index in [1.165, 1.54) is 11.8 Å². The van der Waals surface area contributed by atoms with Crippen LogP contribution in [0.5, 0.6) is 0 Å². The van der Waals surface area contributed by atoms with Gasteiger partial charge < -0.3 is 5.32 Å². The zero-order valence-electron chi connectivity index (χ0n) is 12.7. The first-order chi connectivity index (χ1) is 11.8. The molecule has 5 nitrogen and oxygen atoms in total. The number of amides is 1. The second-order valence-electron chi connectivity index (χ2n) is 5.01. The van der Waals surface area contributed by atoms with Crippen molar-refractivity contribution < 1.29 is 22.9 Å². The summed E-state index contributed by atoms with van der Waals surface area (Å²) in [6.45, 7) is 0. The van der Waals surface area contributed by atoms with Gasteiger partial charge in [0.05, 0.1) is 21.9 Å². The number of nitrogens with zero attached hydrogens (tertiary/aromatic N) is 1. The molecule has 0 saturated heterocycles. The molecular formula is C16H13F3N2O3S. The van der Waals surface area contributed by atoms with Crippen molar-refractivity contribution in [1.82, 2.24) is 0 Å². The lowest BCUT2D eigenvalue weighted by Gasteiger charge is -2.13. The summed E-state index contributed by atoms with van der Waals surface area (Å²) >= 11 is 1.25. The third kappa shape index (κ3) is 5.49. The number of nitrogens with one attached hydrogen (secondary N) is 1. The van der Waals surface area contributed by atoms with Crippen molar-refractivity contribution in [2.45, 2.75) is 11.9 Å². The molecule has 9 heteroatoms. The van der Waals surface area contributed by atoms with E-state index >= 15 is 0 Å². The number of nitro benzene ring substituents is 1. The number of anilines is 1. The molecule has 0 heterocycles. The van der Waals surface area contributed by atoms with Crippen molar-refractivity contribution in [3.05, 3.63) is 69.8 Å². The van der Waals surface area contributed by atoms with E-state index in [0.29, 0.717) is 11.8 Å². The zero-order chi connectivity index (χ0) is 18.4. The Morgan fingerprint density at radius 1 is 1.16 bits per heavy atom. The summed E-state index contributed by atoms with van der Waals surface area (Å²) in [7, 11) is 0. The van der Waals surface area contributed by atoms with Crippen LogP contribution < -0.4 is 5.32 Å². The van der Waals surface area contributed by atoms with Crippen LogP contribution in [0.15, 0.2) is 48.5 Å². The summed E-state index contributed by atoms with van der Waals surface area (Å²) in [5, 5.41) is 12.8. The number of rotatable bonds is 6. The number of non-ortho nitro benzene ring substituents is 1. The number of hydrogen-bond donors (Lipinski definition) is 1. The lowest BCUT2D eigenvalue weighted by Crippen LogP contribution is -2.18. The number of carbonyl (C=O) groups excluding carboxylic acids is 1. The van der Waals surface area contributed by atoms with Crippen molar-refractivity contribution in [2.24, 2.45) is 0 Å². The summed E-state index contributed by atoms with van der Waals surface area (Å²) in [5.74, 6) is -0.107. The molecule has 25 heavy (non-hydrogen) atoms. The first-order valence-electron chi connectivity index (χ1n) is 7.04. The van der Waals surface area contributed by atoms with Gasteiger partial charge in [0.2, 0.25) is 5.91 Å². The Bertz CT molecular complexity index is 767. The molecule has 0 aliphatic rings. The van der Waals surface area contributed by atoms with E-state index in [1.807, 2.05) is 30.3 Å². The van der Waals surface area contributed by atoms with Crippen LogP contribution in [0.3, 0.4) is 0 Å². The van der Waals surface area contributed by atoms with E-state index in [-0.39, 0.29) is 5.75 Å². The quantitative estimate of drug-likeness (QED) is 0.601. The summed E-state index contributed by atoms with van der Waals surface area (Å²) in [5.41, 5.74) is -1.44. The Balaban J connectivity index is 2.03. The van der Waals surface area contributed by atoms with E-state index in [0.717, 1.165) is 17.7 Å².